The van der Waals surface area contributed by atoms with Crippen LogP contribution in [0, 0.1) is 6.92 Å². The number of rotatable bonds is 5. The van der Waals surface area contributed by atoms with Crippen LogP contribution in [-0.2, 0) is 11.3 Å². The standard InChI is InChI=1S/C9H16N4O2/c1-6(2)11-9(14)5-10-4-8-12-7(3)15-13-8/h6,10H,4-5H2,1-3H3,(H,11,14). The molecule has 0 aliphatic heterocycles. The van der Waals surface area contributed by atoms with Crippen LogP contribution >= 0.6 is 0 Å². The van der Waals surface area contributed by atoms with Crippen LogP contribution in [0.15, 0.2) is 4.52 Å². The number of carbonyl (C=O) groups excluding carboxylic acids is 1. The van der Waals surface area contributed by atoms with Crippen LogP contribution in [0.5, 0.6) is 0 Å². The maximum atomic E-state index is 11.2. The molecule has 1 heterocycles. The number of carbonyl (C=O) groups is 1. The van der Waals surface area contributed by atoms with Crippen LogP contribution in [0.3, 0.4) is 0 Å². The molecule has 0 unspecified atom stereocenters. The van der Waals surface area contributed by atoms with Gasteiger partial charge in [0.05, 0.1) is 13.1 Å². The third kappa shape index (κ3) is 4.55. The van der Waals surface area contributed by atoms with Crippen molar-refractivity contribution in [3.05, 3.63) is 11.7 Å². The average Bonchev–Trinajstić information content (AvgIpc) is 2.50. The summed E-state index contributed by atoms with van der Waals surface area (Å²) in [5.41, 5.74) is 0. The molecule has 0 atom stereocenters. The summed E-state index contributed by atoms with van der Waals surface area (Å²) in [5, 5.41) is 9.38. The predicted octanol–water partition coefficient (Wildman–Crippen LogP) is -0.00778. The molecule has 0 aliphatic rings. The van der Waals surface area contributed by atoms with Gasteiger partial charge in [-0.05, 0) is 13.8 Å². The van der Waals surface area contributed by atoms with Crippen molar-refractivity contribution in [1.29, 1.82) is 0 Å². The van der Waals surface area contributed by atoms with Crippen LogP contribution in [0.2, 0.25) is 0 Å². The van der Waals surface area contributed by atoms with E-state index in [1.165, 1.54) is 0 Å². The van der Waals surface area contributed by atoms with Gasteiger partial charge in [0.1, 0.15) is 0 Å². The second kappa shape index (κ2) is 5.45. The van der Waals surface area contributed by atoms with Crippen molar-refractivity contribution in [2.45, 2.75) is 33.4 Å². The number of aromatic nitrogens is 2. The highest BCUT2D eigenvalue weighted by atomic mass is 16.5. The molecule has 84 valence electrons. The van der Waals surface area contributed by atoms with E-state index in [2.05, 4.69) is 20.8 Å². The van der Waals surface area contributed by atoms with Crippen LogP contribution in [0.25, 0.3) is 0 Å². The first-order valence-corrected chi connectivity index (χ1v) is 4.87. The average molecular weight is 212 g/mol. The quantitative estimate of drug-likeness (QED) is 0.717. The molecule has 1 aromatic heterocycles. The minimum atomic E-state index is -0.0368. The van der Waals surface area contributed by atoms with Crippen molar-refractivity contribution >= 4 is 5.91 Å². The van der Waals surface area contributed by atoms with E-state index in [-0.39, 0.29) is 18.5 Å². The first kappa shape index (κ1) is 11.6. The normalized spacial score (nSPS) is 10.7. The molecular weight excluding hydrogens is 196 g/mol. The fourth-order valence-corrected chi connectivity index (χ4v) is 1.07. The lowest BCUT2D eigenvalue weighted by atomic mass is 10.4. The van der Waals surface area contributed by atoms with E-state index in [0.717, 1.165) is 0 Å². The van der Waals surface area contributed by atoms with Crippen LogP contribution < -0.4 is 10.6 Å². The van der Waals surface area contributed by atoms with Gasteiger partial charge in [-0.3, -0.25) is 4.79 Å². The zero-order chi connectivity index (χ0) is 11.3. The van der Waals surface area contributed by atoms with E-state index in [1.54, 1.807) is 6.92 Å². The summed E-state index contributed by atoms with van der Waals surface area (Å²) in [6, 6.07) is 0.159. The van der Waals surface area contributed by atoms with E-state index in [0.29, 0.717) is 18.3 Å². The van der Waals surface area contributed by atoms with Gasteiger partial charge >= 0.3 is 0 Å². The van der Waals surface area contributed by atoms with Gasteiger partial charge in [0.2, 0.25) is 11.8 Å². The van der Waals surface area contributed by atoms with Gasteiger partial charge in [0, 0.05) is 13.0 Å². The summed E-state index contributed by atoms with van der Waals surface area (Å²) < 4.78 is 4.78. The molecule has 1 aromatic rings. The zero-order valence-corrected chi connectivity index (χ0v) is 9.20. The maximum Gasteiger partial charge on any atom is 0.234 e. The van der Waals surface area contributed by atoms with Gasteiger partial charge in [0.15, 0.2) is 5.82 Å². The van der Waals surface area contributed by atoms with E-state index in [9.17, 15) is 4.79 Å². The number of nitrogens with one attached hydrogen (secondary N) is 2. The summed E-state index contributed by atoms with van der Waals surface area (Å²) in [7, 11) is 0. The van der Waals surface area contributed by atoms with Crippen molar-refractivity contribution in [1.82, 2.24) is 20.8 Å². The Balaban J connectivity index is 2.19. The van der Waals surface area contributed by atoms with Crippen molar-refractivity contribution in [3.63, 3.8) is 0 Å². The molecule has 0 saturated carbocycles. The summed E-state index contributed by atoms with van der Waals surface area (Å²) in [6.07, 6.45) is 0. The molecule has 0 spiro atoms. The van der Waals surface area contributed by atoms with Crippen LogP contribution in [0.4, 0.5) is 0 Å². The highest BCUT2D eigenvalue weighted by molar-refractivity contribution is 5.78. The highest BCUT2D eigenvalue weighted by Gasteiger charge is 2.04. The molecule has 0 aliphatic carbocycles. The molecule has 1 amide bonds. The van der Waals surface area contributed by atoms with E-state index in [1.807, 2.05) is 13.8 Å². The lowest BCUT2D eigenvalue weighted by Crippen LogP contribution is -2.37. The summed E-state index contributed by atoms with van der Waals surface area (Å²) in [4.78, 5) is 15.2. The van der Waals surface area contributed by atoms with E-state index < -0.39 is 0 Å². The third-order valence-corrected chi connectivity index (χ3v) is 1.59. The Morgan fingerprint density at radius 2 is 2.27 bits per heavy atom. The van der Waals surface area contributed by atoms with Gasteiger partial charge in [-0.25, -0.2) is 0 Å². The van der Waals surface area contributed by atoms with Gasteiger partial charge in [0.25, 0.3) is 0 Å². The molecule has 0 saturated heterocycles. The first-order chi connectivity index (χ1) is 7.08. The molecule has 6 heteroatoms. The number of hydrogen-bond donors (Lipinski definition) is 2. The van der Waals surface area contributed by atoms with E-state index >= 15 is 0 Å². The minimum absolute atomic E-state index is 0.0368. The van der Waals surface area contributed by atoms with Crippen molar-refractivity contribution in [2.24, 2.45) is 0 Å². The zero-order valence-electron chi connectivity index (χ0n) is 9.20. The minimum Gasteiger partial charge on any atom is -0.353 e. The Bertz CT molecular complexity index is 322. The molecule has 6 nitrogen and oxygen atoms in total. The Hall–Kier alpha value is -1.43. The molecule has 0 fully saturated rings. The van der Waals surface area contributed by atoms with Crippen LogP contribution in [-0.4, -0.2) is 28.6 Å². The molecule has 2 N–H and O–H groups in total. The van der Waals surface area contributed by atoms with Gasteiger partial charge in [-0.1, -0.05) is 5.16 Å². The van der Waals surface area contributed by atoms with Crippen molar-refractivity contribution in [2.75, 3.05) is 6.54 Å². The molecule has 0 radical (unpaired) electrons. The predicted molar refractivity (Wildman–Crippen MR) is 54.0 cm³/mol. The van der Waals surface area contributed by atoms with Crippen molar-refractivity contribution < 1.29 is 9.32 Å². The fourth-order valence-electron chi connectivity index (χ4n) is 1.07. The summed E-state index contributed by atoms with van der Waals surface area (Å²) in [6.45, 7) is 6.25. The second-order valence-electron chi connectivity index (χ2n) is 3.56. The fraction of sp³-hybridized carbons (Fsp3) is 0.667. The Kier molecular flexibility index (Phi) is 4.23. The summed E-state index contributed by atoms with van der Waals surface area (Å²) in [5.74, 6) is 1.05. The number of amides is 1. The lowest BCUT2D eigenvalue weighted by molar-refractivity contribution is -0.120. The SMILES string of the molecule is Cc1nc(CNCC(=O)NC(C)C)no1. The smallest absolute Gasteiger partial charge is 0.234 e. The Morgan fingerprint density at radius 1 is 1.53 bits per heavy atom. The molecular formula is C9H16N4O2. The van der Waals surface area contributed by atoms with Gasteiger partial charge < -0.3 is 15.2 Å². The lowest BCUT2D eigenvalue weighted by Gasteiger charge is -2.07. The van der Waals surface area contributed by atoms with Gasteiger partial charge in [-0.2, -0.15) is 4.98 Å². The topological polar surface area (TPSA) is 80.0 Å². The van der Waals surface area contributed by atoms with E-state index in [4.69, 9.17) is 4.52 Å². The number of aryl methyl sites for hydroxylation is 1. The molecule has 1 rings (SSSR count). The summed E-state index contributed by atoms with van der Waals surface area (Å²) >= 11 is 0. The third-order valence-electron chi connectivity index (χ3n) is 1.59. The highest BCUT2D eigenvalue weighted by Crippen LogP contribution is 1.93. The Labute approximate surface area is 88.4 Å². The molecule has 15 heavy (non-hydrogen) atoms. The first-order valence-electron chi connectivity index (χ1n) is 4.87. The Morgan fingerprint density at radius 3 is 2.80 bits per heavy atom. The monoisotopic (exact) mass is 212 g/mol. The molecule has 0 aromatic carbocycles. The van der Waals surface area contributed by atoms with Gasteiger partial charge in [-0.15, -0.1) is 0 Å². The number of nitrogens with zero attached hydrogens (tertiary/aromatic N) is 2. The maximum absolute atomic E-state index is 11.2. The largest absolute Gasteiger partial charge is 0.353 e. The number of hydrogen-bond acceptors (Lipinski definition) is 5. The molecule has 0 bridgehead atoms. The van der Waals surface area contributed by atoms with Crippen LogP contribution in [0.1, 0.15) is 25.6 Å². The van der Waals surface area contributed by atoms with Crippen molar-refractivity contribution in [3.8, 4) is 0 Å². The second-order valence-corrected chi connectivity index (χ2v) is 3.56.